The Morgan fingerprint density at radius 2 is 2.17 bits per heavy atom. The summed E-state index contributed by atoms with van der Waals surface area (Å²) >= 11 is 0. The van der Waals surface area contributed by atoms with E-state index < -0.39 is 6.10 Å². The molecule has 1 atom stereocenters. The molecule has 2 rings (SSSR count). The van der Waals surface area contributed by atoms with Crippen molar-refractivity contribution in [1.82, 2.24) is 9.78 Å². The van der Waals surface area contributed by atoms with Crippen LogP contribution in [-0.4, -0.2) is 14.9 Å². The van der Waals surface area contributed by atoms with Crippen LogP contribution in [0.25, 0.3) is 0 Å². The van der Waals surface area contributed by atoms with Crippen LogP contribution < -0.4 is 4.74 Å². The summed E-state index contributed by atoms with van der Waals surface area (Å²) in [6, 6.07) is 7.53. The van der Waals surface area contributed by atoms with Gasteiger partial charge in [0.2, 0.25) is 0 Å². The van der Waals surface area contributed by atoms with Gasteiger partial charge in [-0.05, 0) is 19.9 Å². The van der Waals surface area contributed by atoms with Gasteiger partial charge in [-0.2, -0.15) is 5.10 Å². The lowest BCUT2D eigenvalue weighted by molar-refractivity contribution is 0.190. The van der Waals surface area contributed by atoms with E-state index in [1.165, 1.54) is 0 Å². The summed E-state index contributed by atoms with van der Waals surface area (Å²) in [5.74, 6) is 0.719. The molecule has 0 saturated carbocycles. The van der Waals surface area contributed by atoms with Gasteiger partial charge in [-0.15, -0.1) is 0 Å². The van der Waals surface area contributed by atoms with Gasteiger partial charge in [0.05, 0.1) is 12.3 Å². The Morgan fingerprint density at radius 1 is 1.39 bits per heavy atom. The van der Waals surface area contributed by atoms with Gasteiger partial charge in [0, 0.05) is 23.9 Å². The minimum Gasteiger partial charge on any atom is -0.488 e. The highest BCUT2D eigenvalue weighted by Crippen LogP contribution is 2.25. The van der Waals surface area contributed by atoms with Crippen LogP contribution in [0.4, 0.5) is 0 Å². The number of benzene rings is 1. The van der Waals surface area contributed by atoms with Crippen LogP contribution in [0.1, 0.15) is 31.1 Å². The van der Waals surface area contributed by atoms with Gasteiger partial charge >= 0.3 is 0 Å². The Balaban J connectivity index is 2.05. The molecular formula is C14H18N2O2. The lowest BCUT2D eigenvalue weighted by atomic mass is 10.1. The fraction of sp³-hybridized carbons (Fsp3) is 0.357. The van der Waals surface area contributed by atoms with Crippen LogP contribution in [0.3, 0.4) is 0 Å². The molecule has 18 heavy (non-hydrogen) atoms. The molecule has 96 valence electrons. The van der Waals surface area contributed by atoms with Crippen molar-refractivity contribution in [2.45, 2.75) is 33.1 Å². The smallest absolute Gasteiger partial charge is 0.125 e. The van der Waals surface area contributed by atoms with E-state index in [-0.39, 0.29) is 0 Å². The monoisotopic (exact) mass is 246 g/mol. The molecule has 0 unspecified atom stereocenters. The molecule has 0 aliphatic rings. The van der Waals surface area contributed by atoms with E-state index in [0.29, 0.717) is 6.61 Å². The molecular weight excluding hydrogens is 228 g/mol. The lowest BCUT2D eigenvalue weighted by Gasteiger charge is -2.12. The normalized spacial score (nSPS) is 12.4. The summed E-state index contributed by atoms with van der Waals surface area (Å²) in [6.45, 7) is 5.09. The van der Waals surface area contributed by atoms with E-state index >= 15 is 0 Å². The van der Waals surface area contributed by atoms with Crippen LogP contribution in [0.15, 0.2) is 36.7 Å². The Kier molecular flexibility index (Phi) is 3.99. The van der Waals surface area contributed by atoms with Crippen LogP contribution in [0, 0.1) is 0 Å². The van der Waals surface area contributed by atoms with Gasteiger partial charge in [0.25, 0.3) is 0 Å². The first kappa shape index (κ1) is 12.6. The number of ether oxygens (including phenoxy) is 1. The molecule has 1 aromatic carbocycles. The summed E-state index contributed by atoms with van der Waals surface area (Å²) in [7, 11) is 0. The van der Waals surface area contributed by atoms with E-state index in [1.54, 1.807) is 13.1 Å². The first-order valence-corrected chi connectivity index (χ1v) is 6.12. The van der Waals surface area contributed by atoms with E-state index in [2.05, 4.69) is 5.10 Å². The molecule has 0 radical (unpaired) electrons. The Bertz CT molecular complexity index is 506. The maximum absolute atomic E-state index is 9.65. The molecule has 4 heteroatoms. The summed E-state index contributed by atoms with van der Waals surface area (Å²) in [4.78, 5) is 0. The van der Waals surface area contributed by atoms with Crippen molar-refractivity contribution >= 4 is 0 Å². The molecule has 2 aromatic rings. The highest BCUT2D eigenvalue weighted by atomic mass is 16.5. The second kappa shape index (κ2) is 5.69. The first-order valence-electron chi connectivity index (χ1n) is 6.12. The number of aromatic nitrogens is 2. The number of aryl methyl sites for hydroxylation is 1. The van der Waals surface area contributed by atoms with Crippen molar-refractivity contribution in [3.63, 3.8) is 0 Å². The van der Waals surface area contributed by atoms with Crippen LogP contribution in [-0.2, 0) is 13.2 Å². The number of nitrogens with zero attached hydrogens (tertiary/aromatic N) is 2. The fourth-order valence-electron chi connectivity index (χ4n) is 1.77. The topological polar surface area (TPSA) is 47.3 Å². The lowest BCUT2D eigenvalue weighted by Crippen LogP contribution is -2.00. The van der Waals surface area contributed by atoms with Gasteiger partial charge in [-0.25, -0.2) is 0 Å². The summed E-state index contributed by atoms with van der Waals surface area (Å²) in [5.41, 5.74) is 1.83. The molecule has 0 saturated heterocycles. The number of hydrogen-bond donors (Lipinski definition) is 1. The Labute approximate surface area is 107 Å². The third kappa shape index (κ3) is 2.90. The average Bonchev–Trinajstić information content (AvgIpc) is 2.84. The highest BCUT2D eigenvalue weighted by Gasteiger charge is 2.08. The standard InChI is InChI=1S/C14H18N2O2/c1-3-16-9-12(8-15-16)10-18-14-7-5-4-6-13(14)11(2)17/h4-9,11,17H,3,10H2,1-2H3/t11-/m1/s1. The Hall–Kier alpha value is -1.81. The number of rotatable bonds is 5. The third-order valence-electron chi connectivity index (χ3n) is 2.77. The van der Waals surface area contributed by atoms with Crippen LogP contribution >= 0.6 is 0 Å². The molecule has 0 spiro atoms. The molecule has 0 bridgehead atoms. The van der Waals surface area contributed by atoms with Gasteiger partial charge < -0.3 is 9.84 Å². The molecule has 0 amide bonds. The van der Waals surface area contributed by atoms with E-state index in [1.807, 2.05) is 42.1 Å². The van der Waals surface area contributed by atoms with E-state index in [0.717, 1.165) is 23.4 Å². The van der Waals surface area contributed by atoms with Gasteiger partial charge in [-0.3, -0.25) is 4.68 Å². The van der Waals surface area contributed by atoms with Crippen LogP contribution in [0.2, 0.25) is 0 Å². The molecule has 4 nitrogen and oxygen atoms in total. The second-order valence-corrected chi connectivity index (χ2v) is 4.21. The average molecular weight is 246 g/mol. The van der Waals surface area contributed by atoms with Crippen molar-refractivity contribution in [1.29, 1.82) is 0 Å². The van der Waals surface area contributed by atoms with E-state index in [4.69, 9.17) is 4.74 Å². The molecule has 1 aromatic heterocycles. The third-order valence-corrected chi connectivity index (χ3v) is 2.77. The van der Waals surface area contributed by atoms with Crippen molar-refractivity contribution in [3.05, 3.63) is 47.8 Å². The van der Waals surface area contributed by atoms with Gasteiger partial charge in [-0.1, -0.05) is 18.2 Å². The van der Waals surface area contributed by atoms with Gasteiger partial charge in [0.1, 0.15) is 12.4 Å². The molecule has 0 aliphatic heterocycles. The maximum Gasteiger partial charge on any atom is 0.125 e. The highest BCUT2D eigenvalue weighted by molar-refractivity contribution is 5.34. The molecule has 1 heterocycles. The summed E-state index contributed by atoms with van der Waals surface area (Å²) in [5, 5.41) is 13.8. The molecule has 1 N–H and O–H groups in total. The number of para-hydroxylation sites is 1. The number of aliphatic hydroxyl groups excluding tert-OH is 1. The van der Waals surface area contributed by atoms with Crippen molar-refractivity contribution in [2.24, 2.45) is 0 Å². The van der Waals surface area contributed by atoms with Crippen molar-refractivity contribution < 1.29 is 9.84 Å². The summed E-state index contributed by atoms with van der Waals surface area (Å²) in [6.07, 6.45) is 3.24. The van der Waals surface area contributed by atoms with Crippen LogP contribution in [0.5, 0.6) is 5.75 Å². The largest absolute Gasteiger partial charge is 0.488 e. The van der Waals surface area contributed by atoms with Crippen molar-refractivity contribution in [2.75, 3.05) is 0 Å². The predicted molar refractivity (Wildman–Crippen MR) is 69.3 cm³/mol. The van der Waals surface area contributed by atoms with E-state index in [9.17, 15) is 5.11 Å². The zero-order valence-corrected chi connectivity index (χ0v) is 10.7. The van der Waals surface area contributed by atoms with Gasteiger partial charge in [0.15, 0.2) is 0 Å². The second-order valence-electron chi connectivity index (χ2n) is 4.21. The minimum absolute atomic E-state index is 0.462. The fourth-order valence-corrected chi connectivity index (χ4v) is 1.77. The Morgan fingerprint density at radius 3 is 2.83 bits per heavy atom. The zero-order valence-electron chi connectivity index (χ0n) is 10.7. The quantitative estimate of drug-likeness (QED) is 0.882. The predicted octanol–water partition coefficient (Wildman–Crippen LogP) is 2.54. The summed E-state index contributed by atoms with van der Waals surface area (Å²) < 4.78 is 7.59. The van der Waals surface area contributed by atoms with Crippen molar-refractivity contribution in [3.8, 4) is 5.75 Å². The molecule has 0 fully saturated rings. The zero-order chi connectivity index (χ0) is 13.0. The SMILES string of the molecule is CCn1cc(COc2ccccc2[C@@H](C)O)cn1. The first-order chi connectivity index (χ1) is 8.70. The molecule has 0 aliphatic carbocycles. The number of hydrogen-bond acceptors (Lipinski definition) is 3. The minimum atomic E-state index is -0.528. The maximum atomic E-state index is 9.65. The number of aliphatic hydroxyl groups is 1.